The number of likely N-dealkylation sites (tertiary alicyclic amines) is 1. The molecule has 1 N–H and O–H groups in total. The SMILES string of the molecule is CCC1CCN(Cc2cc(C(O)(c3ccccc3)C3CCCCC3)no2)C[C@@H]1Oc1cccc(F)c1. The third-order valence-corrected chi connectivity index (χ3v) is 8.13. The van der Waals surface area contributed by atoms with E-state index in [4.69, 9.17) is 9.26 Å². The number of hydrogen-bond acceptors (Lipinski definition) is 5. The van der Waals surface area contributed by atoms with Crippen LogP contribution in [0.25, 0.3) is 0 Å². The molecule has 2 aliphatic rings. The molecule has 2 aromatic carbocycles. The van der Waals surface area contributed by atoms with Crippen molar-refractivity contribution < 1.29 is 18.8 Å². The number of ether oxygens (including phenoxy) is 1. The lowest BCUT2D eigenvalue weighted by molar-refractivity contribution is -0.00685. The minimum Gasteiger partial charge on any atom is -0.489 e. The van der Waals surface area contributed by atoms with Gasteiger partial charge in [0.1, 0.15) is 29.0 Å². The van der Waals surface area contributed by atoms with E-state index in [0.29, 0.717) is 23.9 Å². The number of rotatable bonds is 8. The van der Waals surface area contributed by atoms with E-state index < -0.39 is 5.60 Å². The lowest BCUT2D eigenvalue weighted by atomic mass is 9.71. The van der Waals surface area contributed by atoms with Crippen molar-refractivity contribution in [2.45, 2.75) is 70.1 Å². The van der Waals surface area contributed by atoms with Gasteiger partial charge >= 0.3 is 0 Å². The minimum absolute atomic E-state index is 0.0172. The Morgan fingerprint density at radius 3 is 2.61 bits per heavy atom. The first kappa shape index (κ1) is 25.0. The molecule has 1 aliphatic heterocycles. The Morgan fingerprint density at radius 2 is 1.86 bits per heavy atom. The molecule has 1 aliphatic carbocycles. The topological polar surface area (TPSA) is 58.7 Å². The van der Waals surface area contributed by atoms with E-state index in [-0.39, 0.29) is 17.8 Å². The van der Waals surface area contributed by atoms with Crippen LogP contribution in [0.15, 0.2) is 65.2 Å². The van der Waals surface area contributed by atoms with Crippen molar-refractivity contribution in [1.29, 1.82) is 0 Å². The summed E-state index contributed by atoms with van der Waals surface area (Å²) in [6.07, 6.45) is 7.45. The molecule has 0 bridgehead atoms. The molecule has 2 unspecified atom stereocenters. The number of nitrogens with zero attached hydrogens (tertiary/aromatic N) is 2. The molecule has 3 aromatic rings. The number of aliphatic hydroxyl groups is 1. The lowest BCUT2D eigenvalue weighted by Gasteiger charge is -2.38. The molecular weight excluding hydrogens is 455 g/mol. The summed E-state index contributed by atoms with van der Waals surface area (Å²) >= 11 is 0. The maximum Gasteiger partial charge on any atom is 0.151 e. The Labute approximate surface area is 213 Å². The molecule has 6 heteroatoms. The standard InChI is InChI=1S/C30H37FN2O3/c1-2-22-16-17-33(21-28(22)35-26-15-9-14-25(31)18-26)20-27-19-29(32-36-27)30(34,23-10-5-3-6-11-23)24-12-7-4-8-13-24/h3,5-6,9-11,14-15,18-19,22,24,28,34H,2,4,7-8,12-13,16-17,20-21H2,1H3/t22?,28-,30?/m0/s1. The molecule has 36 heavy (non-hydrogen) atoms. The summed E-state index contributed by atoms with van der Waals surface area (Å²) in [5.74, 6) is 1.57. The monoisotopic (exact) mass is 492 g/mol. The van der Waals surface area contributed by atoms with Gasteiger partial charge in [-0.2, -0.15) is 0 Å². The van der Waals surface area contributed by atoms with Crippen molar-refractivity contribution in [3.05, 3.63) is 83.5 Å². The second kappa shape index (κ2) is 11.1. The first-order valence-corrected chi connectivity index (χ1v) is 13.4. The molecule has 0 spiro atoms. The average Bonchev–Trinajstić information content (AvgIpc) is 3.38. The molecule has 5 rings (SSSR count). The van der Waals surface area contributed by atoms with Crippen molar-refractivity contribution in [2.75, 3.05) is 13.1 Å². The highest BCUT2D eigenvalue weighted by Crippen LogP contribution is 2.43. The molecule has 192 valence electrons. The average molecular weight is 493 g/mol. The summed E-state index contributed by atoms with van der Waals surface area (Å²) in [4.78, 5) is 2.31. The van der Waals surface area contributed by atoms with Crippen molar-refractivity contribution >= 4 is 0 Å². The molecule has 1 saturated heterocycles. The van der Waals surface area contributed by atoms with Gasteiger partial charge in [0.25, 0.3) is 0 Å². The zero-order valence-corrected chi connectivity index (χ0v) is 21.1. The smallest absolute Gasteiger partial charge is 0.151 e. The largest absolute Gasteiger partial charge is 0.489 e. The lowest BCUT2D eigenvalue weighted by Crippen LogP contribution is -2.46. The van der Waals surface area contributed by atoms with Gasteiger partial charge in [0, 0.05) is 18.7 Å². The van der Waals surface area contributed by atoms with Crippen LogP contribution < -0.4 is 4.74 Å². The van der Waals surface area contributed by atoms with Crippen molar-refractivity contribution in [3.8, 4) is 5.75 Å². The van der Waals surface area contributed by atoms with Gasteiger partial charge < -0.3 is 14.4 Å². The van der Waals surface area contributed by atoms with Crippen LogP contribution >= 0.6 is 0 Å². The van der Waals surface area contributed by atoms with Gasteiger partial charge in [-0.15, -0.1) is 0 Å². The quantitative estimate of drug-likeness (QED) is 0.399. The van der Waals surface area contributed by atoms with Gasteiger partial charge in [-0.3, -0.25) is 4.90 Å². The van der Waals surface area contributed by atoms with Crippen molar-refractivity contribution in [3.63, 3.8) is 0 Å². The third-order valence-electron chi connectivity index (χ3n) is 8.13. The second-order valence-electron chi connectivity index (χ2n) is 10.5. The Morgan fingerprint density at radius 1 is 1.06 bits per heavy atom. The Hall–Kier alpha value is -2.70. The van der Waals surface area contributed by atoms with E-state index in [1.54, 1.807) is 6.07 Å². The predicted octanol–water partition coefficient (Wildman–Crippen LogP) is 6.31. The molecule has 0 amide bonds. The van der Waals surface area contributed by atoms with E-state index in [1.165, 1.54) is 18.6 Å². The molecule has 3 atom stereocenters. The molecule has 5 nitrogen and oxygen atoms in total. The van der Waals surface area contributed by atoms with Gasteiger partial charge in [0.2, 0.25) is 0 Å². The van der Waals surface area contributed by atoms with Gasteiger partial charge in [-0.25, -0.2) is 4.39 Å². The molecule has 1 saturated carbocycles. The van der Waals surface area contributed by atoms with Crippen LogP contribution in [0.5, 0.6) is 5.75 Å². The summed E-state index contributed by atoms with van der Waals surface area (Å²) in [5.41, 5.74) is 0.331. The molecule has 2 fully saturated rings. The summed E-state index contributed by atoms with van der Waals surface area (Å²) in [5, 5.41) is 16.5. The Kier molecular flexibility index (Phi) is 7.73. The number of piperidine rings is 1. The fraction of sp³-hybridized carbons (Fsp3) is 0.500. The number of hydrogen-bond donors (Lipinski definition) is 1. The molecule has 0 radical (unpaired) electrons. The fourth-order valence-corrected chi connectivity index (χ4v) is 6.08. The number of benzene rings is 2. The van der Waals surface area contributed by atoms with Crippen LogP contribution in [-0.2, 0) is 12.1 Å². The summed E-state index contributed by atoms with van der Waals surface area (Å²) < 4.78 is 25.7. The van der Waals surface area contributed by atoms with Gasteiger partial charge in [-0.05, 0) is 61.8 Å². The summed E-state index contributed by atoms with van der Waals surface area (Å²) in [6, 6.07) is 18.2. The Bertz CT molecular complexity index is 1110. The van der Waals surface area contributed by atoms with Crippen LogP contribution in [0, 0.1) is 17.7 Å². The van der Waals surface area contributed by atoms with Gasteiger partial charge in [0.15, 0.2) is 5.76 Å². The van der Waals surface area contributed by atoms with Crippen LogP contribution in [-0.4, -0.2) is 34.4 Å². The molecule has 2 heterocycles. The third kappa shape index (κ3) is 5.35. The number of halogens is 1. The number of aromatic nitrogens is 1. The highest BCUT2D eigenvalue weighted by molar-refractivity contribution is 5.33. The second-order valence-corrected chi connectivity index (χ2v) is 10.5. The van der Waals surface area contributed by atoms with Crippen LogP contribution in [0.4, 0.5) is 4.39 Å². The minimum atomic E-state index is -1.15. The van der Waals surface area contributed by atoms with E-state index in [2.05, 4.69) is 17.0 Å². The van der Waals surface area contributed by atoms with Crippen LogP contribution in [0.3, 0.4) is 0 Å². The zero-order valence-electron chi connectivity index (χ0n) is 21.1. The maximum atomic E-state index is 13.7. The van der Waals surface area contributed by atoms with E-state index in [1.807, 2.05) is 42.5 Å². The summed E-state index contributed by atoms with van der Waals surface area (Å²) in [6.45, 7) is 4.45. The highest BCUT2D eigenvalue weighted by atomic mass is 19.1. The first-order valence-electron chi connectivity index (χ1n) is 13.4. The van der Waals surface area contributed by atoms with Gasteiger partial charge in [-0.1, -0.05) is 67.7 Å². The van der Waals surface area contributed by atoms with E-state index >= 15 is 0 Å². The molecule has 1 aromatic heterocycles. The van der Waals surface area contributed by atoms with Crippen molar-refractivity contribution in [2.24, 2.45) is 11.8 Å². The maximum absolute atomic E-state index is 13.7. The molecular formula is C30H37FN2O3. The predicted molar refractivity (Wildman–Crippen MR) is 137 cm³/mol. The van der Waals surface area contributed by atoms with E-state index in [9.17, 15) is 9.50 Å². The fourth-order valence-electron chi connectivity index (χ4n) is 6.08. The van der Waals surface area contributed by atoms with Crippen molar-refractivity contribution in [1.82, 2.24) is 10.1 Å². The zero-order chi connectivity index (χ0) is 25.0. The van der Waals surface area contributed by atoms with E-state index in [0.717, 1.165) is 62.9 Å². The van der Waals surface area contributed by atoms with Crippen LogP contribution in [0.1, 0.15) is 68.9 Å². The van der Waals surface area contributed by atoms with Gasteiger partial charge in [0.05, 0.1) is 6.54 Å². The highest BCUT2D eigenvalue weighted by Gasteiger charge is 2.43. The normalized spacial score (nSPS) is 23.3. The summed E-state index contributed by atoms with van der Waals surface area (Å²) in [7, 11) is 0. The first-order chi connectivity index (χ1) is 17.6. The van der Waals surface area contributed by atoms with Crippen LogP contribution in [0.2, 0.25) is 0 Å². The Balaban J connectivity index is 1.32.